The van der Waals surface area contributed by atoms with Crippen molar-refractivity contribution in [1.82, 2.24) is 45.3 Å². The molecule has 0 radical (unpaired) electrons. The lowest BCUT2D eigenvalue weighted by Gasteiger charge is -2.29. The fourth-order valence-corrected chi connectivity index (χ4v) is 12.3. The number of hydrogen-bond acceptors (Lipinski definition) is 14. The Hall–Kier alpha value is -11.3. The van der Waals surface area contributed by atoms with E-state index in [0.717, 1.165) is 33.4 Å². The molecule has 528 valence electrons. The van der Waals surface area contributed by atoms with Gasteiger partial charge in [-0.2, -0.15) is 24.1 Å². The fraction of sp³-hybridized carbons (Fsp3) is 0.292. The minimum Gasteiger partial charge on any atom is -0.383 e. The smallest absolute Gasteiger partial charge is 0.357 e. The predicted octanol–water partition coefficient (Wildman–Crippen LogP) is 10.3. The SMILES string of the molecule is Cc1ccccc1C(=O)NCc1ccc(-c2nn(C3CCC(F)(F)C3)c(N)c2C(N)=O)cc1.Cc1ccccc1C(=O)NCc1ccc(-c2nn(C3CCOC(F)(F)C3)c(N)c2C(N)=O)cc1.Cc1ccccc1C(=O)NCc1ccc(-c2nn(C3COCC(F)(F)C3)c(N)c2C(N)=O)cc1. The first-order chi connectivity index (χ1) is 48.0. The van der Waals surface area contributed by atoms with Crippen LogP contribution in [0.1, 0.15) is 152 Å². The molecule has 1 saturated carbocycles. The molecule has 2 aliphatic heterocycles. The van der Waals surface area contributed by atoms with Crippen molar-refractivity contribution >= 4 is 52.9 Å². The summed E-state index contributed by atoms with van der Waals surface area (Å²) in [6, 6.07) is 40.7. The molecule has 29 heteroatoms. The third-order valence-electron chi connectivity index (χ3n) is 17.6. The highest BCUT2D eigenvalue weighted by atomic mass is 19.3. The first-order valence-electron chi connectivity index (χ1n) is 32.2. The third kappa shape index (κ3) is 17.0. The van der Waals surface area contributed by atoms with Gasteiger partial charge in [-0.05, 0) is 85.2 Å². The number of hydrogen-bond donors (Lipinski definition) is 9. The highest BCUT2D eigenvalue weighted by Crippen LogP contribution is 2.44. The second-order valence-corrected chi connectivity index (χ2v) is 25.0. The largest absolute Gasteiger partial charge is 0.383 e. The average Bonchev–Trinajstić information content (AvgIpc) is 1.64. The summed E-state index contributed by atoms with van der Waals surface area (Å²) in [6.07, 6.45) is -4.53. The number of alkyl halides is 6. The number of primary amides is 3. The van der Waals surface area contributed by atoms with Crippen LogP contribution in [0.4, 0.5) is 43.8 Å². The van der Waals surface area contributed by atoms with Crippen molar-refractivity contribution in [3.05, 3.63) is 212 Å². The third-order valence-corrected chi connectivity index (χ3v) is 17.6. The van der Waals surface area contributed by atoms with Gasteiger partial charge in [0.05, 0.1) is 37.8 Å². The van der Waals surface area contributed by atoms with Crippen molar-refractivity contribution in [3.8, 4) is 33.8 Å². The van der Waals surface area contributed by atoms with E-state index in [1.54, 1.807) is 103 Å². The van der Waals surface area contributed by atoms with Crippen LogP contribution in [-0.2, 0) is 29.1 Å². The summed E-state index contributed by atoms with van der Waals surface area (Å²) in [5, 5.41) is 21.7. The van der Waals surface area contributed by atoms with Crippen molar-refractivity contribution in [2.45, 2.75) is 115 Å². The van der Waals surface area contributed by atoms with Crippen LogP contribution < -0.4 is 50.4 Å². The molecule has 101 heavy (non-hydrogen) atoms. The molecular formula is C72H75F6N15O8. The van der Waals surface area contributed by atoms with Gasteiger partial charge < -0.3 is 59.8 Å². The summed E-state index contributed by atoms with van der Waals surface area (Å²) in [5.41, 5.74) is 44.1. The number of nitrogen functional groups attached to an aromatic ring is 3. The van der Waals surface area contributed by atoms with Crippen molar-refractivity contribution in [1.29, 1.82) is 0 Å². The molecule has 9 aromatic rings. The number of halogens is 6. The Balaban J connectivity index is 0.000000163. The van der Waals surface area contributed by atoms with Crippen molar-refractivity contribution < 1.29 is 64.6 Å². The molecule has 3 fully saturated rings. The van der Waals surface area contributed by atoms with E-state index >= 15 is 0 Å². The standard InChI is InChI=1S/2C24H25F2N5O3.C24H25F2N5O2/c1-14-4-2-3-5-18(14)23(33)29-11-15-6-8-16(9-7-15)20-19(22(28)32)21(27)31(30-20)17-10-24(25,26)13-34-12-17;1-14-4-2-3-5-18(14)23(33)29-13-15-6-8-16(9-7-15)20-19(22(28)32)21(27)31(30-20)17-10-11-34-24(25,26)12-17;1-14-4-2-3-5-18(14)23(33)29-13-15-6-8-16(9-7-15)20-19(22(28)32)21(27)31(30-20)17-10-11-24(25,26)12-17/h2*2-9,17H,10-13,27H2,1H3,(H2,28,32)(H,29,33);2-9,17H,10-13,27H2,1H3,(H2,28,32)(H,29,33). The van der Waals surface area contributed by atoms with E-state index in [1.807, 2.05) is 63.2 Å². The van der Waals surface area contributed by atoms with Gasteiger partial charge in [0.25, 0.3) is 41.4 Å². The number of amides is 6. The van der Waals surface area contributed by atoms with E-state index < -0.39 is 73.2 Å². The van der Waals surface area contributed by atoms with Crippen LogP contribution >= 0.6 is 0 Å². The van der Waals surface area contributed by atoms with Gasteiger partial charge in [0.15, 0.2) is 0 Å². The number of anilines is 3. The van der Waals surface area contributed by atoms with Crippen LogP contribution in [0.15, 0.2) is 146 Å². The molecule has 0 spiro atoms. The summed E-state index contributed by atoms with van der Waals surface area (Å²) in [5.74, 6) is -8.85. The lowest BCUT2D eigenvalue weighted by Crippen LogP contribution is -2.37. The molecule has 23 nitrogen and oxygen atoms in total. The Morgan fingerprint density at radius 2 is 0.782 bits per heavy atom. The molecule has 2 saturated heterocycles. The molecule has 5 heterocycles. The molecule has 0 bridgehead atoms. The van der Waals surface area contributed by atoms with Gasteiger partial charge in [0, 0.05) is 72.3 Å². The van der Waals surface area contributed by atoms with E-state index in [4.69, 9.17) is 39.1 Å². The Bertz CT molecular complexity index is 4370. The van der Waals surface area contributed by atoms with Crippen molar-refractivity contribution in [2.75, 3.05) is 37.0 Å². The van der Waals surface area contributed by atoms with Crippen LogP contribution in [0, 0.1) is 20.8 Å². The molecule has 3 aliphatic rings. The number of nitrogens with zero attached hydrogens (tertiary/aromatic N) is 6. The summed E-state index contributed by atoms with van der Waals surface area (Å²) < 4.78 is 95.8. The quantitative estimate of drug-likeness (QED) is 0.0361. The molecule has 6 aromatic carbocycles. The number of benzene rings is 6. The maximum Gasteiger partial charge on any atom is 0.357 e. The van der Waals surface area contributed by atoms with Gasteiger partial charge in [-0.1, -0.05) is 127 Å². The van der Waals surface area contributed by atoms with Crippen molar-refractivity contribution in [2.24, 2.45) is 17.2 Å². The van der Waals surface area contributed by atoms with Crippen LogP contribution in [0.2, 0.25) is 0 Å². The topological polar surface area (TPSA) is 367 Å². The van der Waals surface area contributed by atoms with Gasteiger partial charge in [-0.25, -0.2) is 31.6 Å². The monoisotopic (exact) mass is 1390 g/mol. The Kier molecular flexibility index (Phi) is 21.8. The summed E-state index contributed by atoms with van der Waals surface area (Å²) in [6.45, 7) is 5.69. The second-order valence-electron chi connectivity index (χ2n) is 25.0. The zero-order valence-electron chi connectivity index (χ0n) is 55.3. The maximum absolute atomic E-state index is 13.8. The molecule has 15 N–H and O–H groups in total. The van der Waals surface area contributed by atoms with E-state index in [2.05, 4.69) is 36.0 Å². The number of nitrogens with one attached hydrogen (secondary N) is 3. The van der Waals surface area contributed by atoms with E-state index in [9.17, 15) is 55.1 Å². The first-order valence-corrected chi connectivity index (χ1v) is 32.2. The molecule has 12 rings (SSSR count). The van der Waals surface area contributed by atoms with Gasteiger partial charge in [0.2, 0.25) is 5.92 Å². The minimum absolute atomic E-state index is 0.00135. The Labute approximate surface area is 575 Å². The summed E-state index contributed by atoms with van der Waals surface area (Å²) in [7, 11) is 0. The van der Waals surface area contributed by atoms with Gasteiger partial charge in [0.1, 0.15) is 57.8 Å². The van der Waals surface area contributed by atoms with Gasteiger partial charge >= 0.3 is 6.11 Å². The van der Waals surface area contributed by atoms with E-state index in [0.29, 0.717) is 53.0 Å². The number of carbonyl (C=O) groups excluding carboxylic acids is 6. The number of aromatic nitrogens is 6. The van der Waals surface area contributed by atoms with Gasteiger partial charge in [-0.3, -0.25) is 28.8 Å². The normalized spacial score (nSPS) is 17.3. The second kappa shape index (κ2) is 30.4. The van der Waals surface area contributed by atoms with Crippen LogP contribution in [-0.4, -0.2) is 103 Å². The van der Waals surface area contributed by atoms with Crippen molar-refractivity contribution in [3.63, 3.8) is 0 Å². The molecule has 1 aliphatic carbocycles. The Morgan fingerprint density at radius 3 is 1.09 bits per heavy atom. The average molecular weight is 1390 g/mol. The van der Waals surface area contributed by atoms with Crippen LogP contribution in [0.3, 0.4) is 0 Å². The Morgan fingerprint density at radius 1 is 0.455 bits per heavy atom. The molecule has 3 aromatic heterocycles. The molecule has 3 unspecified atom stereocenters. The predicted molar refractivity (Wildman–Crippen MR) is 365 cm³/mol. The summed E-state index contributed by atoms with van der Waals surface area (Å²) >= 11 is 0. The van der Waals surface area contributed by atoms with Gasteiger partial charge in [-0.15, -0.1) is 0 Å². The number of nitrogens with two attached hydrogens (primary N) is 6. The number of rotatable bonds is 18. The van der Waals surface area contributed by atoms with E-state index in [-0.39, 0.29) is 108 Å². The highest BCUT2D eigenvalue weighted by Gasteiger charge is 2.44. The van der Waals surface area contributed by atoms with Crippen LogP contribution in [0.5, 0.6) is 0 Å². The lowest BCUT2D eigenvalue weighted by molar-refractivity contribution is -0.266. The molecular weight excluding hydrogens is 1320 g/mol. The zero-order valence-corrected chi connectivity index (χ0v) is 55.3. The summed E-state index contributed by atoms with van der Waals surface area (Å²) in [4.78, 5) is 73.6. The maximum atomic E-state index is 13.8. The van der Waals surface area contributed by atoms with Crippen LogP contribution in [0.25, 0.3) is 33.8 Å². The fourth-order valence-electron chi connectivity index (χ4n) is 12.3. The lowest BCUT2D eigenvalue weighted by atomic mass is 10.0. The minimum atomic E-state index is -3.29. The molecule has 6 amide bonds. The highest BCUT2D eigenvalue weighted by molar-refractivity contribution is 6.05. The zero-order chi connectivity index (χ0) is 72.7. The number of aryl methyl sites for hydroxylation is 3. The molecule has 3 atom stereocenters. The van der Waals surface area contributed by atoms with E-state index in [1.165, 1.54) is 14.0 Å². The number of carbonyl (C=O) groups is 6. The number of ether oxygens (including phenoxy) is 2. The first kappa shape index (κ1) is 72.4.